The van der Waals surface area contributed by atoms with Crippen LogP contribution in [0.1, 0.15) is 174 Å². The van der Waals surface area contributed by atoms with Gasteiger partial charge in [0.05, 0.1) is 26.4 Å². The largest absolute Gasteiger partial charge is 0.457 e. The zero-order chi connectivity index (χ0) is 52.3. The van der Waals surface area contributed by atoms with Gasteiger partial charge in [-0.1, -0.05) is 163 Å². The molecule has 0 saturated carbocycles. The lowest BCUT2D eigenvalue weighted by Gasteiger charge is -2.42. The molecule has 0 bridgehead atoms. The van der Waals surface area contributed by atoms with Crippen molar-refractivity contribution in [2.24, 2.45) is 0 Å². The van der Waals surface area contributed by atoms with Crippen molar-refractivity contribution in [1.82, 2.24) is 0 Å². The van der Waals surface area contributed by atoms with Crippen LogP contribution in [0.4, 0.5) is 0 Å². The molecule has 72 heavy (non-hydrogen) atoms. The number of carbonyl (C=O) groups is 1. The van der Waals surface area contributed by atoms with Crippen molar-refractivity contribution in [3.8, 4) is 0 Å². The second-order valence-corrected chi connectivity index (χ2v) is 19.0. The Morgan fingerprint density at radius 1 is 0.472 bits per heavy atom. The number of carbonyl (C=O) groups excluding carboxylic acids is 1. The van der Waals surface area contributed by atoms with Gasteiger partial charge in [-0.15, -0.1) is 0 Å². The lowest BCUT2D eigenvalue weighted by atomic mass is 9.98. The van der Waals surface area contributed by atoms with Crippen LogP contribution < -0.4 is 0 Å². The van der Waals surface area contributed by atoms with Gasteiger partial charge < -0.3 is 64.2 Å². The van der Waals surface area contributed by atoms with E-state index in [9.17, 15) is 40.5 Å². The standard InChI is InChI=1S/C58H98O14/c1-3-5-7-9-11-13-15-17-19-21-23-24-26-28-30-32-34-36-38-40-42-67-44-47(70-50(60)41-39-37-35-33-31-29-27-25-22-20-18-16-14-12-10-8-6-4-2)45-68-57-56(66)54(64)52(62)49(72-57)46-69-58-55(65)53(63)51(61)48(43-59)71-58/h5,7,11,13-14,16-17,19-20,22-24,28,30,47-49,51-59,61-66H,3-4,6,8-10,12,15,18,21,25-27,29,31-46H2,1-2H3/b7-5-,13-11-,16-14-,19-17-,22-20-,24-23-,30-28-. The van der Waals surface area contributed by atoms with E-state index in [0.29, 0.717) is 13.0 Å². The normalized spacial score (nSPS) is 25.8. The number of hydrogen-bond acceptors (Lipinski definition) is 14. The lowest BCUT2D eigenvalue weighted by molar-refractivity contribution is -0.332. The summed E-state index contributed by atoms with van der Waals surface area (Å²) in [7, 11) is 0. The molecule has 11 atom stereocenters. The summed E-state index contributed by atoms with van der Waals surface area (Å²) in [5.74, 6) is -0.397. The number of unbranched alkanes of at least 4 members (excludes halogenated alkanes) is 15. The highest BCUT2D eigenvalue weighted by molar-refractivity contribution is 5.69. The molecule has 0 radical (unpaired) electrons. The van der Waals surface area contributed by atoms with E-state index < -0.39 is 86.7 Å². The fourth-order valence-corrected chi connectivity index (χ4v) is 8.16. The highest BCUT2D eigenvalue weighted by atomic mass is 16.7. The minimum Gasteiger partial charge on any atom is -0.457 e. The van der Waals surface area contributed by atoms with Gasteiger partial charge in [-0.3, -0.25) is 4.79 Å². The van der Waals surface area contributed by atoms with E-state index in [-0.39, 0.29) is 19.6 Å². The minimum absolute atomic E-state index is 0.0361. The zero-order valence-corrected chi connectivity index (χ0v) is 44.1. The quantitative estimate of drug-likeness (QED) is 0.0172. The van der Waals surface area contributed by atoms with Gasteiger partial charge in [0.1, 0.15) is 54.9 Å². The van der Waals surface area contributed by atoms with Gasteiger partial charge in [-0.05, 0) is 89.9 Å². The molecule has 0 aromatic rings. The monoisotopic (exact) mass is 1020 g/mol. The average Bonchev–Trinajstić information content (AvgIpc) is 3.38. The Bertz CT molecular complexity index is 1510. The van der Waals surface area contributed by atoms with Crippen molar-refractivity contribution in [2.45, 2.75) is 242 Å². The SMILES string of the molecule is CC/C=C\C/C=C\C/C=C\C/C=C\C/C=C\CCCCCCOCC(COC1OC(COC2OC(CO)C(O)C(O)C2O)C(O)C(O)C1O)OC(=O)CCCCCCCCC/C=C\C/C=C\CCCCCC. The smallest absolute Gasteiger partial charge is 0.306 e. The molecule has 0 aliphatic carbocycles. The Hall–Kier alpha value is -2.83. The van der Waals surface area contributed by atoms with Crippen LogP contribution in [-0.4, -0.2) is 142 Å². The molecule has 0 amide bonds. The molecule has 2 aliphatic rings. The number of rotatable bonds is 43. The van der Waals surface area contributed by atoms with Gasteiger partial charge >= 0.3 is 5.97 Å². The third-order valence-electron chi connectivity index (χ3n) is 12.6. The van der Waals surface area contributed by atoms with Crippen LogP contribution in [0.25, 0.3) is 0 Å². The highest BCUT2D eigenvalue weighted by Gasteiger charge is 2.47. The van der Waals surface area contributed by atoms with Gasteiger partial charge in [-0.2, -0.15) is 0 Å². The van der Waals surface area contributed by atoms with E-state index in [4.69, 9.17) is 28.4 Å². The summed E-state index contributed by atoms with van der Waals surface area (Å²) in [6.45, 7) is 3.47. The van der Waals surface area contributed by atoms with E-state index in [1.165, 1.54) is 51.4 Å². The van der Waals surface area contributed by atoms with E-state index in [2.05, 4.69) is 98.9 Å². The predicted octanol–water partition coefficient (Wildman–Crippen LogP) is 9.24. The Kier molecular flexibility index (Phi) is 40.3. The maximum atomic E-state index is 13.1. The first kappa shape index (κ1) is 65.3. The first-order chi connectivity index (χ1) is 35.1. The van der Waals surface area contributed by atoms with Crippen LogP contribution in [0.5, 0.6) is 0 Å². The minimum atomic E-state index is -1.72. The molecule has 414 valence electrons. The van der Waals surface area contributed by atoms with Crippen LogP contribution in [0.3, 0.4) is 0 Å². The Morgan fingerprint density at radius 2 is 0.903 bits per heavy atom. The number of aliphatic hydroxyl groups is 7. The summed E-state index contributed by atoms with van der Waals surface area (Å²) in [6, 6.07) is 0. The van der Waals surface area contributed by atoms with Crippen LogP contribution in [0.2, 0.25) is 0 Å². The molecule has 7 N–H and O–H groups in total. The second-order valence-electron chi connectivity index (χ2n) is 19.0. The van der Waals surface area contributed by atoms with Crippen molar-refractivity contribution in [1.29, 1.82) is 0 Å². The van der Waals surface area contributed by atoms with Gasteiger partial charge in [0, 0.05) is 13.0 Å². The summed E-state index contributed by atoms with van der Waals surface area (Å²) < 4.78 is 34.3. The van der Waals surface area contributed by atoms with E-state index >= 15 is 0 Å². The Labute approximate surface area is 433 Å². The number of allylic oxidation sites excluding steroid dienone is 14. The number of aliphatic hydroxyl groups excluding tert-OH is 7. The molecule has 14 heteroatoms. The molecule has 2 rings (SSSR count). The third-order valence-corrected chi connectivity index (χ3v) is 12.6. The number of ether oxygens (including phenoxy) is 6. The molecule has 2 heterocycles. The lowest BCUT2D eigenvalue weighted by Crippen LogP contribution is -2.61. The summed E-state index contributed by atoms with van der Waals surface area (Å²) in [4.78, 5) is 13.1. The molecular weight excluding hydrogens is 921 g/mol. The summed E-state index contributed by atoms with van der Waals surface area (Å²) in [6.07, 6.45) is 40.6. The first-order valence-electron chi connectivity index (χ1n) is 27.7. The maximum absolute atomic E-state index is 13.1. The van der Waals surface area contributed by atoms with Gasteiger partial charge in [0.15, 0.2) is 12.6 Å². The maximum Gasteiger partial charge on any atom is 0.306 e. The van der Waals surface area contributed by atoms with Crippen molar-refractivity contribution < 1.29 is 69.0 Å². The molecule has 0 aromatic carbocycles. The summed E-state index contributed by atoms with van der Waals surface area (Å²) >= 11 is 0. The van der Waals surface area contributed by atoms with Gasteiger partial charge in [-0.25, -0.2) is 0 Å². The van der Waals surface area contributed by atoms with E-state index in [0.717, 1.165) is 96.3 Å². The molecule has 2 fully saturated rings. The predicted molar refractivity (Wildman–Crippen MR) is 284 cm³/mol. The third kappa shape index (κ3) is 31.1. The van der Waals surface area contributed by atoms with Gasteiger partial charge in [0.2, 0.25) is 0 Å². The van der Waals surface area contributed by atoms with Crippen molar-refractivity contribution in [3.63, 3.8) is 0 Å². The fourth-order valence-electron chi connectivity index (χ4n) is 8.16. The van der Waals surface area contributed by atoms with Crippen molar-refractivity contribution >= 4 is 5.97 Å². The molecule has 14 nitrogen and oxygen atoms in total. The summed E-state index contributed by atoms with van der Waals surface area (Å²) in [5, 5.41) is 72.3. The summed E-state index contributed by atoms with van der Waals surface area (Å²) in [5.41, 5.74) is 0. The zero-order valence-electron chi connectivity index (χ0n) is 44.1. The molecule has 0 spiro atoms. The van der Waals surface area contributed by atoms with Crippen LogP contribution in [0, 0.1) is 0 Å². The molecule has 11 unspecified atom stereocenters. The molecule has 2 saturated heterocycles. The average molecular weight is 1020 g/mol. The van der Waals surface area contributed by atoms with Crippen LogP contribution in [0.15, 0.2) is 85.1 Å². The number of esters is 1. The second kappa shape index (κ2) is 44.5. The number of hydrogen-bond donors (Lipinski definition) is 7. The van der Waals surface area contributed by atoms with Crippen LogP contribution >= 0.6 is 0 Å². The Balaban J connectivity index is 1.76. The van der Waals surface area contributed by atoms with Crippen molar-refractivity contribution in [2.75, 3.05) is 33.0 Å². The molecular formula is C58H98O14. The van der Waals surface area contributed by atoms with Crippen LogP contribution in [-0.2, 0) is 33.2 Å². The van der Waals surface area contributed by atoms with Gasteiger partial charge in [0.25, 0.3) is 0 Å². The molecule has 2 aliphatic heterocycles. The fraction of sp³-hybridized carbons (Fsp3) is 0.741. The highest BCUT2D eigenvalue weighted by Crippen LogP contribution is 2.26. The van der Waals surface area contributed by atoms with Crippen molar-refractivity contribution in [3.05, 3.63) is 85.1 Å². The van der Waals surface area contributed by atoms with E-state index in [1.807, 2.05) is 0 Å². The Morgan fingerprint density at radius 3 is 1.42 bits per heavy atom. The molecule has 0 aromatic heterocycles. The topological polar surface area (TPSA) is 214 Å². The van der Waals surface area contributed by atoms with E-state index in [1.54, 1.807) is 0 Å². The first-order valence-corrected chi connectivity index (χ1v) is 27.7.